The van der Waals surface area contributed by atoms with Gasteiger partial charge in [0, 0.05) is 18.2 Å². The number of hydrogen-bond acceptors (Lipinski definition) is 4. The largest absolute Gasteiger partial charge is 0.349 e. The van der Waals surface area contributed by atoms with E-state index in [-0.39, 0.29) is 5.91 Å². The number of aromatic nitrogens is 5. The Labute approximate surface area is 126 Å². The van der Waals surface area contributed by atoms with Crippen molar-refractivity contribution in [2.75, 3.05) is 6.54 Å². The Hall–Kier alpha value is -2.70. The van der Waals surface area contributed by atoms with Crippen LogP contribution in [0.5, 0.6) is 0 Å². The van der Waals surface area contributed by atoms with Gasteiger partial charge in [0.25, 0.3) is 5.91 Å². The van der Waals surface area contributed by atoms with E-state index in [2.05, 4.69) is 25.8 Å². The quantitative estimate of drug-likeness (QED) is 0.746. The van der Waals surface area contributed by atoms with Gasteiger partial charge >= 0.3 is 0 Å². The maximum atomic E-state index is 12.1. The van der Waals surface area contributed by atoms with Gasteiger partial charge in [0.05, 0.1) is 12.1 Å². The number of H-pyrrole nitrogens is 1. The molecule has 0 saturated heterocycles. The molecule has 22 heavy (non-hydrogen) atoms. The Morgan fingerprint density at radius 3 is 3.09 bits per heavy atom. The molecule has 1 amide bonds. The first kappa shape index (κ1) is 13.0. The highest BCUT2D eigenvalue weighted by Crippen LogP contribution is 2.38. The number of fused-ring (bicyclic) bond motifs is 1. The van der Waals surface area contributed by atoms with Gasteiger partial charge in [0.2, 0.25) is 0 Å². The van der Waals surface area contributed by atoms with Crippen molar-refractivity contribution in [1.29, 1.82) is 0 Å². The number of nitrogens with zero attached hydrogens (tertiary/aromatic N) is 4. The standard InChI is InChI=1S/C15H16N6O/c22-15(13-9-12(17-18-13)10-5-6-10)16-7-8-21-14-4-2-1-3-11(14)19-20-21/h1-4,9-10H,5-8H2,(H,16,22)(H,17,18). The Bertz CT molecular complexity index is 816. The second-order valence-electron chi connectivity index (χ2n) is 5.54. The summed E-state index contributed by atoms with van der Waals surface area (Å²) in [7, 11) is 0. The molecule has 0 aliphatic heterocycles. The van der Waals surface area contributed by atoms with Crippen LogP contribution in [-0.2, 0) is 6.54 Å². The normalized spacial score (nSPS) is 14.4. The molecule has 2 N–H and O–H groups in total. The molecule has 7 nitrogen and oxygen atoms in total. The molecule has 1 aromatic carbocycles. The van der Waals surface area contributed by atoms with Gasteiger partial charge in [-0.25, -0.2) is 4.68 Å². The minimum absolute atomic E-state index is 0.160. The van der Waals surface area contributed by atoms with Gasteiger partial charge in [0.1, 0.15) is 11.2 Å². The van der Waals surface area contributed by atoms with Gasteiger partial charge in [-0.1, -0.05) is 17.3 Å². The van der Waals surface area contributed by atoms with Crippen molar-refractivity contribution in [3.8, 4) is 0 Å². The van der Waals surface area contributed by atoms with Gasteiger partial charge < -0.3 is 5.32 Å². The average molecular weight is 296 g/mol. The number of rotatable bonds is 5. The molecular formula is C15H16N6O. The smallest absolute Gasteiger partial charge is 0.271 e. The number of hydrogen-bond donors (Lipinski definition) is 2. The fraction of sp³-hybridized carbons (Fsp3) is 0.333. The van der Waals surface area contributed by atoms with E-state index in [1.54, 1.807) is 4.68 Å². The van der Waals surface area contributed by atoms with E-state index < -0.39 is 0 Å². The van der Waals surface area contributed by atoms with Gasteiger partial charge in [0.15, 0.2) is 0 Å². The summed E-state index contributed by atoms with van der Waals surface area (Å²) in [6.45, 7) is 1.06. The van der Waals surface area contributed by atoms with E-state index >= 15 is 0 Å². The summed E-state index contributed by atoms with van der Waals surface area (Å²) >= 11 is 0. The molecule has 2 aromatic heterocycles. The number of benzene rings is 1. The topological polar surface area (TPSA) is 88.5 Å². The van der Waals surface area contributed by atoms with Crippen LogP contribution in [0.4, 0.5) is 0 Å². The van der Waals surface area contributed by atoms with Crippen molar-refractivity contribution >= 4 is 16.9 Å². The third-order valence-electron chi connectivity index (χ3n) is 3.88. The summed E-state index contributed by atoms with van der Waals surface area (Å²) < 4.78 is 1.79. The average Bonchev–Trinajstić information content (AvgIpc) is 3.13. The fourth-order valence-corrected chi connectivity index (χ4v) is 2.50. The molecule has 1 fully saturated rings. The van der Waals surface area contributed by atoms with Gasteiger partial charge in [-0.05, 0) is 31.0 Å². The van der Waals surface area contributed by atoms with Crippen LogP contribution in [0.1, 0.15) is 34.9 Å². The highest BCUT2D eigenvalue weighted by atomic mass is 16.1. The number of carbonyl (C=O) groups is 1. The van der Waals surface area contributed by atoms with E-state index in [0.717, 1.165) is 16.7 Å². The van der Waals surface area contributed by atoms with Crippen molar-refractivity contribution in [3.63, 3.8) is 0 Å². The second kappa shape index (κ2) is 5.25. The molecule has 0 unspecified atom stereocenters. The zero-order chi connectivity index (χ0) is 14.9. The maximum absolute atomic E-state index is 12.1. The first-order valence-corrected chi connectivity index (χ1v) is 7.43. The van der Waals surface area contributed by atoms with Crippen LogP contribution in [0.3, 0.4) is 0 Å². The summed E-state index contributed by atoms with van der Waals surface area (Å²) in [5, 5.41) is 18.1. The van der Waals surface area contributed by atoms with Crippen LogP contribution in [0, 0.1) is 0 Å². The molecule has 0 atom stereocenters. The molecule has 0 spiro atoms. The van der Waals surface area contributed by atoms with Gasteiger partial charge in [-0.15, -0.1) is 5.10 Å². The molecular weight excluding hydrogens is 280 g/mol. The molecule has 7 heteroatoms. The molecule has 1 saturated carbocycles. The van der Waals surface area contributed by atoms with Crippen molar-refractivity contribution in [2.45, 2.75) is 25.3 Å². The van der Waals surface area contributed by atoms with Crippen LogP contribution in [0.25, 0.3) is 11.0 Å². The van der Waals surface area contributed by atoms with Crippen LogP contribution in [0.15, 0.2) is 30.3 Å². The fourth-order valence-electron chi connectivity index (χ4n) is 2.50. The third kappa shape index (κ3) is 2.45. The monoisotopic (exact) mass is 296 g/mol. The first-order chi connectivity index (χ1) is 10.8. The summed E-state index contributed by atoms with van der Waals surface area (Å²) in [5.74, 6) is 0.406. The SMILES string of the molecule is O=C(NCCn1nnc2ccccc21)c1cc(C2CC2)[nH]n1. The molecule has 112 valence electrons. The van der Waals surface area contributed by atoms with Crippen LogP contribution >= 0.6 is 0 Å². The second-order valence-corrected chi connectivity index (χ2v) is 5.54. The summed E-state index contributed by atoms with van der Waals surface area (Å²) in [5.41, 5.74) is 3.33. The van der Waals surface area contributed by atoms with Crippen molar-refractivity contribution in [3.05, 3.63) is 41.7 Å². The van der Waals surface area contributed by atoms with E-state index in [1.807, 2.05) is 30.3 Å². The van der Waals surface area contributed by atoms with Gasteiger partial charge in [-0.2, -0.15) is 5.10 Å². The maximum Gasteiger partial charge on any atom is 0.271 e. The van der Waals surface area contributed by atoms with E-state index in [9.17, 15) is 4.79 Å². The molecule has 2 heterocycles. The Morgan fingerprint density at radius 1 is 1.36 bits per heavy atom. The molecule has 1 aliphatic carbocycles. The van der Waals surface area contributed by atoms with E-state index in [0.29, 0.717) is 24.7 Å². The van der Waals surface area contributed by atoms with E-state index in [1.165, 1.54) is 12.8 Å². The lowest BCUT2D eigenvalue weighted by Crippen LogP contribution is -2.27. The lowest BCUT2D eigenvalue weighted by Gasteiger charge is -2.03. The number of para-hydroxylation sites is 1. The number of aromatic amines is 1. The minimum Gasteiger partial charge on any atom is -0.349 e. The highest BCUT2D eigenvalue weighted by Gasteiger charge is 2.26. The predicted molar refractivity (Wildman–Crippen MR) is 80.4 cm³/mol. The lowest BCUT2D eigenvalue weighted by atomic mass is 10.2. The lowest BCUT2D eigenvalue weighted by molar-refractivity contribution is 0.0947. The zero-order valence-corrected chi connectivity index (χ0v) is 12.0. The summed E-state index contributed by atoms with van der Waals surface area (Å²) in [4.78, 5) is 12.1. The molecule has 3 aromatic rings. The Morgan fingerprint density at radius 2 is 2.23 bits per heavy atom. The van der Waals surface area contributed by atoms with Crippen molar-refractivity contribution < 1.29 is 4.79 Å². The van der Waals surface area contributed by atoms with Crippen molar-refractivity contribution in [2.24, 2.45) is 0 Å². The van der Waals surface area contributed by atoms with Gasteiger partial charge in [-0.3, -0.25) is 9.89 Å². The minimum atomic E-state index is -0.160. The molecule has 0 radical (unpaired) electrons. The molecule has 1 aliphatic rings. The number of nitrogens with one attached hydrogen (secondary N) is 2. The van der Waals surface area contributed by atoms with Crippen molar-refractivity contribution in [1.82, 2.24) is 30.5 Å². The van der Waals surface area contributed by atoms with Crippen LogP contribution in [0.2, 0.25) is 0 Å². The summed E-state index contributed by atoms with van der Waals surface area (Å²) in [6.07, 6.45) is 2.37. The predicted octanol–water partition coefficient (Wildman–Crippen LogP) is 1.46. The number of carbonyl (C=O) groups excluding carboxylic acids is 1. The molecule has 4 rings (SSSR count). The zero-order valence-electron chi connectivity index (χ0n) is 12.0. The Balaban J connectivity index is 1.36. The van der Waals surface area contributed by atoms with E-state index in [4.69, 9.17) is 0 Å². The first-order valence-electron chi connectivity index (χ1n) is 7.43. The third-order valence-corrected chi connectivity index (χ3v) is 3.88. The van der Waals surface area contributed by atoms with Crippen LogP contribution < -0.4 is 5.32 Å². The highest BCUT2D eigenvalue weighted by molar-refractivity contribution is 5.92. The Kier molecular flexibility index (Phi) is 3.10. The van der Waals surface area contributed by atoms with Crippen LogP contribution in [-0.4, -0.2) is 37.6 Å². The molecule has 0 bridgehead atoms. The number of amides is 1. The summed E-state index contributed by atoms with van der Waals surface area (Å²) in [6, 6.07) is 9.60.